The highest BCUT2D eigenvalue weighted by atomic mass is 19.1. The molecule has 1 fully saturated rings. The Morgan fingerprint density at radius 1 is 1.40 bits per heavy atom. The van der Waals surface area contributed by atoms with Crippen LogP contribution >= 0.6 is 0 Å². The topological polar surface area (TPSA) is 52.3 Å². The minimum Gasteiger partial charge on any atom is -0.469 e. The first-order valence-electron chi connectivity index (χ1n) is 6.85. The fraction of sp³-hybridized carbons (Fsp3) is 0.533. The van der Waals surface area contributed by atoms with Gasteiger partial charge in [-0.25, -0.2) is 8.78 Å². The van der Waals surface area contributed by atoms with Crippen LogP contribution in [0.5, 0.6) is 0 Å². The van der Waals surface area contributed by atoms with Crippen molar-refractivity contribution in [1.82, 2.24) is 0 Å². The van der Waals surface area contributed by atoms with Gasteiger partial charge in [0.1, 0.15) is 11.6 Å². The van der Waals surface area contributed by atoms with Crippen molar-refractivity contribution in [2.75, 3.05) is 12.8 Å². The van der Waals surface area contributed by atoms with Crippen LogP contribution in [0.1, 0.15) is 43.6 Å². The summed E-state index contributed by atoms with van der Waals surface area (Å²) in [6, 6.07) is 1.86. The summed E-state index contributed by atoms with van der Waals surface area (Å²) in [5, 5.41) is 0. The van der Waals surface area contributed by atoms with Gasteiger partial charge in [-0.3, -0.25) is 4.79 Å². The first-order valence-corrected chi connectivity index (χ1v) is 6.85. The number of ether oxygens (including phenoxy) is 1. The maximum Gasteiger partial charge on any atom is 0.313 e. The number of hydrogen-bond acceptors (Lipinski definition) is 3. The Labute approximate surface area is 117 Å². The summed E-state index contributed by atoms with van der Waals surface area (Å²) in [4.78, 5) is 12.0. The van der Waals surface area contributed by atoms with Crippen LogP contribution < -0.4 is 5.73 Å². The molecule has 1 aliphatic rings. The average Bonchev–Trinajstić information content (AvgIpc) is 2.92. The molecule has 2 rings (SSSR count). The van der Waals surface area contributed by atoms with E-state index in [2.05, 4.69) is 0 Å². The zero-order chi connectivity index (χ0) is 14.7. The zero-order valence-corrected chi connectivity index (χ0v) is 11.5. The third-order valence-corrected chi connectivity index (χ3v) is 4.03. The number of carbonyl (C=O) groups is 1. The number of anilines is 1. The molecule has 5 heteroatoms. The summed E-state index contributed by atoms with van der Waals surface area (Å²) in [5.41, 5.74) is 5.70. The van der Waals surface area contributed by atoms with E-state index in [-0.39, 0.29) is 11.3 Å². The highest BCUT2D eigenvalue weighted by molar-refractivity contribution is 5.80. The molecule has 20 heavy (non-hydrogen) atoms. The number of nitrogens with two attached hydrogens (primary N) is 1. The molecule has 0 radical (unpaired) electrons. The summed E-state index contributed by atoms with van der Waals surface area (Å²) in [5.74, 6) is -2.38. The molecule has 1 atom stereocenters. The predicted octanol–water partition coefficient (Wildman–Crippen LogP) is 3.38. The van der Waals surface area contributed by atoms with Gasteiger partial charge in [0, 0.05) is 6.07 Å². The third-order valence-electron chi connectivity index (χ3n) is 4.03. The van der Waals surface area contributed by atoms with Gasteiger partial charge in [0.05, 0.1) is 18.7 Å². The Kier molecular flexibility index (Phi) is 4.57. The van der Waals surface area contributed by atoms with Gasteiger partial charge in [0.2, 0.25) is 0 Å². The van der Waals surface area contributed by atoms with Crippen LogP contribution in [-0.4, -0.2) is 13.1 Å². The van der Waals surface area contributed by atoms with Crippen LogP contribution in [-0.2, 0) is 9.53 Å². The van der Waals surface area contributed by atoms with Gasteiger partial charge < -0.3 is 10.5 Å². The highest BCUT2D eigenvalue weighted by Gasteiger charge is 2.30. The van der Waals surface area contributed by atoms with Crippen molar-refractivity contribution in [1.29, 1.82) is 0 Å². The Morgan fingerprint density at radius 3 is 2.65 bits per heavy atom. The van der Waals surface area contributed by atoms with Crippen LogP contribution in [0.15, 0.2) is 12.1 Å². The molecule has 3 nitrogen and oxygen atoms in total. The number of benzene rings is 1. The monoisotopic (exact) mass is 283 g/mol. The molecular formula is C15H19F2NO2. The van der Waals surface area contributed by atoms with Crippen molar-refractivity contribution in [3.63, 3.8) is 0 Å². The first kappa shape index (κ1) is 14.8. The van der Waals surface area contributed by atoms with Crippen LogP contribution in [0.4, 0.5) is 14.5 Å². The number of nitrogen functional groups attached to an aromatic ring is 1. The quantitative estimate of drug-likeness (QED) is 0.680. The van der Waals surface area contributed by atoms with E-state index in [0.717, 1.165) is 37.8 Å². The van der Waals surface area contributed by atoms with Gasteiger partial charge in [-0.15, -0.1) is 0 Å². The lowest BCUT2D eigenvalue weighted by atomic mass is 9.87. The summed E-state index contributed by atoms with van der Waals surface area (Å²) in [6.45, 7) is 0. The highest BCUT2D eigenvalue weighted by Crippen LogP contribution is 2.37. The predicted molar refractivity (Wildman–Crippen MR) is 72.1 cm³/mol. The number of esters is 1. The molecule has 110 valence electrons. The third kappa shape index (κ3) is 3.08. The molecule has 0 heterocycles. The van der Waals surface area contributed by atoms with Crippen LogP contribution in [0.3, 0.4) is 0 Å². The zero-order valence-electron chi connectivity index (χ0n) is 11.5. The Bertz CT molecular complexity index is 499. The lowest BCUT2D eigenvalue weighted by molar-refractivity contribution is -0.142. The smallest absolute Gasteiger partial charge is 0.313 e. The molecule has 1 aliphatic carbocycles. The van der Waals surface area contributed by atoms with Crippen molar-refractivity contribution in [3.8, 4) is 0 Å². The molecular weight excluding hydrogens is 264 g/mol. The number of methoxy groups -OCH3 is 1. The fourth-order valence-corrected chi connectivity index (χ4v) is 2.96. The molecule has 0 amide bonds. The van der Waals surface area contributed by atoms with Crippen molar-refractivity contribution in [2.24, 2.45) is 5.92 Å². The lowest BCUT2D eigenvalue weighted by Crippen LogP contribution is -2.19. The van der Waals surface area contributed by atoms with E-state index in [0.29, 0.717) is 12.3 Å². The van der Waals surface area contributed by atoms with Crippen molar-refractivity contribution < 1.29 is 18.3 Å². The summed E-state index contributed by atoms with van der Waals surface area (Å²) in [6.07, 6.45) is 4.85. The largest absolute Gasteiger partial charge is 0.469 e. The van der Waals surface area contributed by atoms with E-state index >= 15 is 0 Å². The van der Waals surface area contributed by atoms with Crippen molar-refractivity contribution >= 4 is 11.7 Å². The van der Waals surface area contributed by atoms with Gasteiger partial charge in [-0.05, 0) is 24.0 Å². The number of hydrogen-bond donors (Lipinski definition) is 1. The Morgan fingerprint density at radius 2 is 2.05 bits per heavy atom. The van der Waals surface area contributed by atoms with Gasteiger partial charge >= 0.3 is 5.97 Å². The van der Waals surface area contributed by atoms with Crippen LogP contribution in [0, 0.1) is 17.6 Å². The molecule has 0 spiro atoms. The molecule has 0 aliphatic heterocycles. The molecule has 2 N–H and O–H groups in total. The molecule has 0 aromatic heterocycles. The van der Waals surface area contributed by atoms with Crippen molar-refractivity contribution in [2.45, 2.75) is 38.0 Å². The van der Waals surface area contributed by atoms with E-state index in [9.17, 15) is 13.6 Å². The maximum absolute atomic E-state index is 13.6. The number of halogens is 2. The normalized spacial score (nSPS) is 17.1. The Hall–Kier alpha value is -1.65. The molecule has 1 saturated carbocycles. The standard InChI is InChI=1S/C15H19F2NO2/c1-20-15(19)12(6-9-4-2-3-5-9)11-7-10(16)8-13(17)14(11)18/h7-9,12H,2-6,18H2,1H3. The first-order chi connectivity index (χ1) is 9.52. The average molecular weight is 283 g/mol. The van der Waals surface area contributed by atoms with E-state index in [1.165, 1.54) is 7.11 Å². The molecule has 0 bridgehead atoms. The van der Waals surface area contributed by atoms with Gasteiger partial charge in [-0.1, -0.05) is 25.7 Å². The van der Waals surface area contributed by atoms with E-state index in [1.807, 2.05) is 0 Å². The minimum atomic E-state index is -0.833. The van der Waals surface area contributed by atoms with E-state index < -0.39 is 23.5 Å². The van der Waals surface area contributed by atoms with Crippen molar-refractivity contribution in [3.05, 3.63) is 29.3 Å². The number of rotatable bonds is 4. The second-order valence-electron chi connectivity index (χ2n) is 5.35. The van der Waals surface area contributed by atoms with E-state index in [4.69, 9.17) is 10.5 Å². The fourth-order valence-electron chi connectivity index (χ4n) is 2.96. The molecule has 1 aromatic rings. The summed E-state index contributed by atoms with van der Waals surface area (Å²) >= 11 is 0. The maximum atomic E-state index is 13.6. The molecule has 0 saturated heterocycles. The van der Waals surface area contributed by atoms with Gasteiger partial charge in [-0.2, -0.15) is 0 Å². The van der Waals surface area contributed by atoms with Gasteiger partial charge in [0.15, 0.2) is 0 Å². The Balaban J connectivity index is 2.32. The van der Waals surface area contributed by atoms with Crippen LogP contribution in [0.25, 0.3) is 0 Å². The second-order valence-corrected chi connectivity index (χ2v) is 5.35. The summed E-state index contributed by atoms with van der Waals surface area (Å²) in [7, 11) is 1.27. The van der Waals surface area contributed by atoms with E-state index in [1.54, 1.807) is 0 Å². The van der Waals surface area contributed by atoms with Crippen LogP contribution in [0.2, 0.25) is 0 Å². The second kappa shape index (κ2) is 6.20. The molecule has 1 aromatic carbocycles. The minimum absolute atomic E-state index is 0.167. The lowest BCUT2D eigenvalue weighted by Gasteiger charge is -2.20. The SMILES string of the molecule is COC(=O)C(CC1CCCC1)c1cc(F)cc(F)c1N. The van der Waals surface area contributed by atoms with Gasteiger partial charge in [0.25, 0.3) is 0 Å². The number of carbonyl (C=O) groups excluding carboxylic acids is 1. The summed E-state index contributed by atoms with van der Waals surface area (Å²) < 4.78 is 31.7. The molecule has 1 unspecified atom stereocenters.